The van der Waals surface area contributed by atoms with Gasteiger partial charge in [0.15, 0.2) is 0 Å². The second-order valence-corrected chi connectivity index (χ2v) is 6.67. The van der Waals surface area contributed by atoms with Crippen molar-refractivity contribution in [1.82, 2.24) is 0 Å². The average Bonchev–Trinajstić information content (AvgIpc) is 2.50. The molecular weight excluding hydrogens is 224 g/mol. The van der Waals surface area contributed by atoms with E-state index in [1.165, 1.54) is 38.5 Å². The van der Waals surface area contributed by atoms with Crippen molar-refractivity contribution in [2.45, 2.75) is 64.1 Å². The van der Waals surface area contributed by atoms with Gasteiger partial charge in [-0.15, -0.1) is 0 Å². The van der Waals surface area contributed by atoms with Crippen molar-refractivity contribution in [2.24, 2.45) is 11.3 Å². The van der Waals surface area contributed by atoms with Crippen molar-refractivity contribution < 1.29 is 0 Å². The molecule has 0 aliphatic heterocycles. The first-order valence-corrected chi connectivity index (χ1v) is 6.56. The third kappa shape index (κ3) is 4.01. The first-order chi connectivity index (χ1) is 6.00. The lowest BCUT2D eigenvalue weighted by Gasteiger charge is -2.26. The molecule has 1 aliphatic carbocycles. The molecule has 1 atom stereocenters. The van der Waals surface area contributed by atoms with Gasteiger partial charge in [-0.05, 0) is 24.2 Å². The molecule has 1 fully saturated rings. The second-order valence-electron chi connectivity index (χ2n) is 5.56. The zero-order chi connectivity index (χ0) is 9.90. The van der Waals surface area contributed by atoms with Crippen molar-refractivity contribution in [1.29, 1.82) is 0 Å². The van der Waals surface area contributed by atoms with Crippen LogP contribution in [0, 0.1) is 11.3 Å². The fraction of sp³-hybridized carbons (Fsp3) is 1.00. The largest absolute Gasteiger partial charge is 0.0885 e. The number of hydrogen-bond acceptors (Lipinski definition) is 0. The molecule has 0 aromatic rings. The van der Waals surface area contributed by atoms with Crippen LogP contribution in [0.5, 0.6) is 0 Å². The van der Waals surface area contributed by atoms with Crippen LogP contribution in [0.2, 0.25) is 0 Å². The molecule has 1 unspecified atom stereocenters. The van der Waals surface area contributed by atoms with Gasteiger partial charge < -0.3 is 0 Å². The number of alkyl halides is 1. The number of halogens is 1. The maximum atomic E-state index is 3.81. The highest BCUT2D eigenvalue weighted by Gasteiger charge is 2.23. The molecule has 0 amide bonds. The van der Waals surface area contributed by atoms with Crippen LogP contribution in [0.3, 0.4) is 0 Å². The topological polar surface area (TPSA) is 0 Å². The fourth-order valence-electron chi connectivity index (χ4n) is 2.11. The van der Waals surface area contributed by atoms with E-state index in [2.05, 4.69) is 36.7 Å². The standard InChI is InChI=1S/C12H23Br/c1-12(2,3)11(13)9-8-10-6-4-5-7-10/h10-11H,4-9H2,1-3H3. The molecule has 1 saturated carbocycles. The Balaban J connectivity index is 2.17. The summed E-state index contributed by atoms with van der Waals surface area (Å²) < 4.78 is 0. The molecule has 0 bridgehead atoms. The van der Waals surface area contributed by atoms with Gasteiger partial charge in [0.1, 0.15) is 0 Å². The molecular formula is C12H23Br. The van der Waals surface area contributed by atoms with E-state index in [1.807, 2.05) is 0 Å². The van der Waals surface area contributed by atoms with E-state index in [0.717, 1.165) is 5.92 Å². The lowest BCUT2D eigenvalue weighted by Crippen LogP contribution is -2.20. The fourth-order valence-corrected chi connectivity index (χ4v) is 2.38. The van der Waals surface area contributed by atoms with Gasteiger partial charge >= 0.3 is 0 Å². The molecule has 1 aliphatic rings. The molecule has 0 N–H and O–H groups in total. The van der Waals surface area contributed by atoms with Crippen molar-refractivity contribution in [2.75, 3.05) is 0 Å². The minimum atomic E-state index is 0.429. The highest BCUT2D eigenvalue weighted by atomic mass is 79.9. The Kier molecular flexibility index (Phi) is 4.28. The SMILES string of the molecule is CC(C)(C)C(Br)CCC1CCCC1. The van der Waals surface area contributed by atoms with Gasteiger partial charge in [-0.1, -0.05) is 62.4 Å². The normalized spacial score (nSPS) is 22.2. The van der Waals surface area contributed by atoms with Gasteiger partial charge in [0.25, 0.3) is 0 Å². The predicted octanol–water partition coefficient (Wildman–Crippen LogP) is 4.77. The van der Waals surface area contributed by atoms with E-state index in [1.54, 1.807) is 0 Å². The van der Waals surface area contributed by atoms with Crippen molar-refractivity contribution >= 4 is 15.9 Å². The Morgan fingerprint density at radius 3 is 2.23 bits per heavy atom. The van der Waals surface area contributed by atoms with Crippen LogP contribution in [-0.4, -0.2) is 4.83 Å². The zero-order valence-electron chi connectivity index (χ0n) is 9.28. The predicted molar refractivity (Wildman–Crippen MR) is 63.4 cm³/mol. The van der Waals surface area contributed by atoms with E-state index < -0.39 is 0 Å². The van der Waals surface area contributed by atoms with Gasteiger partial charge in [-0.25, -0.2) is 0 Å². The Hall–Kier alpha value is 0.480. The van der Waals surface area contributed by atoms with Crippen molar-refractivity contribution in [3.05, 3.63) is 0 Å². The van der Waals surface area contributed by atoms with E-state index in [9.17, 15) is 0 Å². The third-order valence-corrected chi connectivity index (χ3v) is 5.07. The summed E-state index contributed by atoms with van der Waals surface area (Å²) in [5, 5.41) is 0. The quantitative estimate of drug-likeness (QED) is 0.630. The maximum Gasteiger partial charge on any atom is 0.0194 e. The Morgan fingerprint density at radius 1 is 1.23 bits per heavy atom. The Labute approximate surface area is 91.6 Å². The summed E-state index contributed by atoms with van der Waals surface area (Å²) in [6.07, 6.45) is 8.73. The van der Waals surface area contributed by atoms with Crippen LogP contribution in [-0.2, 0) is 0 Å². The van der Waals surface area contributed by atoms with Gasteiger partial charge in [-0.3, -0.25) is 0 Å². The first kappa shape index (κ1) is 11.6. The third-order valence-electron chi connectivity index (χ3n) is 3.24. The summed E-state index contributed by atoms with van der Waals surface area (Å²) in [7, 11) is 0. The maximum absolute atomic E-state index is 3.81. The lowest BCUT2D eigenvalue weighted by atomic mass is 9.87. The molecule has 1 rings (SSSR count). The molecule has 0 nitrogen and oxygen atoms in total. The highest BCUT2D eigenvalue weighted by Crippen LogP contribution is 2.34. The van der Waals surface area contributed by atoms with Gasteiger partial charge in [0.2, 0.25) is 0 Å². The monoisotopic (exact) mass is 246 g/mol. The molecule has 0 aromatic carbocycles. The lowest BCUT2D eigenvalue weighted by molar-refractivity contribution is 0.357. The summed E-state index contributed by atoms with van der Waals surface area (Å²) in [6.45, 7) is 6.96. The summed E-state index contributed by atoms with van der Waals surface area (Å²) in [5.74, 6) is 1.04. The van der Waals surface area contributed by atoms with Crippen molar-refractivity contribution in [3.8, 4) is 0 Å². The summed E-state index contributed by atoms with van der Waals surface area (Å²) in [5.41, 5.74) is 0.429. The van der Waals surface area contributed by atoms with Crippen LogP contribution in [0.15, 0.2) is 0 Å². The molecule has 1 heteroatoms. The molecule has 13 heavy (non-hydrogen) atoms. The van der Waals surface area contributed by atoms with Gasteiger partial charge in [0, 0.05) is 4.83 Å². The van der Waals surface area contributed by atoms with E-state index in [4.69, 9.17) is 0 Å². The zero-order valence-corrected chi connectivity index (χ0v) is 10.9. The van der Waals surface area contributed by atoms with Crippen molar-refractivity contribution in [3.63, 3.8) is 0 Å². The molecule has 0 spiro atoms. The minimum Gasteiger partial charge on any atom is -0.0885 e. The summed E-state index contributed by atoms with van der Waals surface area (Å²) in [6, 6.07) is 0. The van der Waals surface area contributed by atoms with Gasteiger partial charge in [0.05, 0.1) is 0 Å². The van der Waals surface area contributed by atoms with E-state index >= 15 is 0 Å². The smallest absolute Gasteiger partial charge is 0.0194 e. The summed E-state index contributed by atoms with van der Waals surface area (Å²) in [4.78, 5) is 0.695. The molecule has 0 heterocycles. The van der Waals surface area contributed by atoms with Gasteiger partial charge in [-0.2, -0.15) is 0 Å². The molecule has 0 saturated heterocycles. The number of hydrogen-bond donors (Lipinski definition) is 0. The second kappa shape index (κ2) is 4.82. The van der Waals surface area contributed by atoms with Crippen LogP contribution >= 0.6 is 15.9 Å². The Morgan fingerprint density at radius 2 is 1.77 bits per heavy atom. The number of rotatable bonds is 3. The summed E-state index contributed by atoms with van der Waals surface area (Å²) >= 11 is 3.81. The van der Waals surface area contributed by atoms with E-state index in [-0.39, 0.29) is 0 Å². The first-order valence-electron chi connectivity index (χ1n) is 5.64. The molecule has 0 radical (unpaired) electrons. The van der Waals surface area contributed by atoms with Crippen LogP contribution in [0.4, 0.5) is 0 Å². The average molecular weight is 247 g/mol. The van der Waals surface area contributed by atoms with Crippen LogP contribution in [0.1, 0.15) is 59.3 Å². The van der Waals surface area contributed by atoms with Crippen LogP contribution < -0.4 is 0 Å². The van der Waals surface area contributed by atoms with Crippen LogP contribution in [0.25, 0.3) is 0 Å². The van der Waals surface area contributed by atoms with E-state index in [0.29, 0.717) is 10.2 Å². The minimum absolute atomic E-state index is 0.429. The Bertz CT molecular complexity index is 140. The molecule has 0 aromatic heterocycles. The molecule has 78 valence electrons. The highest BCUT2D eigenvalue weighted by molar-refractivity contribution is 9.09.